The van der Waals surface area contributed by atoms with Crippen molar-refractivity contribution in [2.24, 2.45) is 0 Å². The minimum atomic E-state index is 0.0955. The Morgan fingerprint density at radius 1 is 1.30 bits per heavy atom. The van der Waals surface area contributed by atoms with Crippen LogP contribution in [0.4, 0.5) is 0 Å². The minimum Gasteiger partial charge on any atom is -0.497 e. The zero-order valence-corrected chi connectivity index (χ0v) is 12.4. The molecule has 0 radical (unpaired) electrons. The van der Waals surface area contributed by atoms with Crippen molar-refractivity contribution in [2.45, 2.75) is 19.3 Å². The Balaban J connectivity index is 1.67. The Bertz CT molecular complexity index is 537. The van der Waals surface area contributed by atoms with E-state index in [0.29, 0.717) is 13.0 Å². The summed E-state index contributed by atoms with van der Waals surface area (Å²) in [6, 6.07) is 12.0. The fraction of sp³-hybridized carbons (Fsp3) is 0.312. The highest BCUT2D eigenvalue weighted by atomic mass is 32.1. The molecule has 0 saturated heterocycles. The highest BCUT2D eigenvalue weighted by molar-refractivity contribution is 7.10. The molecule has 1 aromatic heterocycles. The Morgan fingerprint density at radius 2 is 2.20 bits per heavy atom. The summed E-state index contributed by atoms with van der Waals surface area (Å²) in [6.07, 6.45) is 2.36. The number of rotatable bonds is 7. The zero-order chi connectivity index (χ0) is 14.2. The van der Waals surface area contributed by atoms with Crippen molar-refractivity contribution in [1.82, 2.24) is 5.32 Å². The standard InChI is InChI=1S/C16H19NO2S/c1-19-14-7-2-5-13(11-14)6-3-9-17-16(18)12-15-8-4-10-20-15/h2,4-5,7-8,10-11H,3,6,9,12H2,1H3,(H,17,18). The predicted molar refractivity (Wildman–Crippen MR) is 82.3 cm³/mol. The van der Waals surface area contributed by atoms with Crippen molar-refractivity contribution in [3.05, 3.63) is 52.2 Å². The average molecular weight is 289 g/mol. The van der Waals surface area contributed by atoms with Gasteiger partial charge < -0.3 is 10.1 Å². The van der Waals surface area contributed by atoms with Gasteiger partial charge in [-0.2, -0.15) is 0 Å². The van der Waals surface area contributed by atoms with Crippen LogP contribution >= 0.6 is 11.3 Å². The number of nitrogens with one attached hydrogen (secondary N) is 1. The lowest BCUT2D eigenvalue weighted by Gasteiger charge is -2.06. The predicted octanol–water partition coefficient (Wildman–Crippen LogP) is 3.05. The maximum atomic E-state index is 11.7. The number of hydrogen-bond acceptors (Lipinski definition) is 3. The van der Waals surface area contributed by atoms with E-state index in [4.69, 9.17) is 4.74 Å². The molecule has 106 valence electrons. The molecule has 0 bridgehead atoms. The maximum Gasteiger partial charge on any atom is 0.225 e. The topological polar surface area (TPSA) is 38.3 Å². The lowest BCUT2D eigenvalue weighted by atomic mass is 10.1. The molecule has 2 rings (SSSR count). The van der Waals surface area contributed by atoms with Crippen molar-refractivity contribution in [3.63, 3.8) is 0 Å². The van der Waals surface area contributed by atoms with Gasteiger partial charge in [0, 0.05) is 11.4 Å². The smallest absolute Gasteiger partial charge is 0.225 e. The van der Waals surface area contributed by atoms with Gasteiger partial charge in [0.2, 0.25) is 5.91 Å². The molecule has 0 spiro atoms. The summed E-state index contributed by atoms with van der Waals surface area (Å²) in [6.45, 7) is 0.710. The first kappa shape index (κ1) is 14.6. The Labute approximate surface area is 123 Å². The van der Waals surface area contributed by atoms with Crippen LogP contribution in [0.3, 0.4) is 0 Å². The molecule has 0 atom stereocenters. The fourth-order valence-electron chi connectivity index (χ4n) is 1.98. The lowest BCUT2D eigenvalue weighted by molar-refractivity contribution is -0.120. The molecular weight excluding hydrogens is 270 g/mol. The second-order valence-electron chi connectivity index (χ2n) is 4.56. The molecule has 2 aromatic rings. The van der Waals surface area contributed by atoms with Crippen LogP contribution in [0.2, 0.25) is 0 Å². The third-order valence-electron chi connectivity index (χ3n) is 3.01. The first-order valence-corrected chi connectivity index (χ1v) is 7.58. The second kappa shape index (κ2) is 7.70. The Morgan fingerprint density at radius 3 is 2.95 bits per heavy atom. The first-order chi connectivity index (χ1) is 9.78. The highest BCUT2D eigenvalue weighted by Crippen LogP contribution is 2.13. The fourth-order valence-corrected chi connectivity index (χ4v) is 2.69. The van der Waals surface area contributed by atoms with Gasteiger partial charge in [-0.25, -0.2) is 0 Å². The molecule has 0 unspecified atom stereocenters. The number of ether oxygens (including phenoxy) is 1. The number of aryl methyl sites for hydroxylation is 1. The van der Waals surface area contributed by atoms with Crippen LogP contribution in [0.25, 0.3) is 0 Å². The van der Waals surface area contributed by atoms with Crippen LogP contribution in [-0.2, 0) is 17.6 Å². The Hall–Kier alpha value is -1.81. The van der Waals surface area contributed by atoms with Crippen molar-refractivity contribution < 1.29 is 9.53 Å². The number of thiophene rings is 1. The van der Waals surface area contributed by atoms with Crippen molar-refractivity contribution in [1.29, 1.82) is 0 Å². The van der Waals surface area contributed by atoms with E-state index in [0.717, 1.165) is 23.5 Å². The molecule has 1 N–H and O–H groups in total. The van der Waals surface area contributed by atoms with Gasteiger partial charge in [-0.15, -0.1) is 11.3 Å². The van der Waals surface area contributed by atoms with Crippen LogP contribution in [0.5, 0.6) is 5.75 Å². The van der Waals surface area contributed by atoms with Crippen molar-refractivity contribution in [2.75, 3.05) is 13.7 Å². The molecule has 1 heterocycles. The molecule has 1 aromatic carbocycles. The SMILES string of the molecule is COc1cccc(CCCNC(=O)Cc2cccs2)c1. The molecule has 3 nitrogen and oxygen atoms in total. The van der Waals surface area contributed by atoms with Gasteiger partial charge in [0.25, 0.3) is 0 Å². The molecule has 20 heavy (non-hydrogen) atoms. The van der Waals surface area contributed by atoms with E-state index in [1.54, 1.807) is 18.4 Å². The molecule has 0 fully saturated rings. The number of methoxy groups -OCH3 is 1. The molecule has 4 heteroatoms. The third-order valence-corrected chi connectivity index (χ3v) is 3.89. The van der Waals surface area contributed by atoms with E-state index >= 15 is 0 Å². The third kappa shape index (κ3) is 4.70. The monoisotopic (exact) mass is 289 g/mol. The average Bonchev–Trinajstić information content (AvgIpc) is 2.97. The first-order valence-electron chi connectivity index (χ1n) is 6.70. The number of amides is 1. The van der Waals surface area contributed by atoms with Crippen LogP contribution in [-0.4, -0.2) is 19.6 Å². The van der Waals surface area contributed by atoms with Gasteiger partial charge in [0.1, 0.15) is 5.75 Å². The van der Waals surface area contributed by atoms with Crippen LogP contribution in [0.15, 0.2) is 41.8 Å². The molecule has 0 saturated carbocycles. The summed E-state index contributed by atoms with van der Waals surface area (Å²) in [4.78, 5) is 12.8. The summed E-state index contributed by atoms with van der Waals surface area (Å²) in [7, 11) is 1.67. The van der Waals surface area contributed by atoms with E-state index in [1.165, 1.54) is 5.56 Å². The van der Waals surface area contributed by atoms with Gasteiger partial charge in [-0.05, 0) is 42.0 Å². The Kier molecular flexibility index (Phi) is 5.62. The van der Waals surface area contributed by atoms with E-state index < -0.39 is 0 Å². The second-order valence-corrected chi connectivity index (χ2v) is 5.59. The van der Waals surface area contributed by atoms with Crippen LogP contribution < -0.4 is 10.1 Å². The van der Waals surface area contributed by atoms with Crippen LogP contribution in [0.1, 0.15) is 16.9 Å². The number of carbonyl (C=O) groups excluding carboxylic acids is 1. The van der Waals surface area contributed by atoms with Crippen LogP contribution in [0, 0.1) is 0 Å². The summed E-state index contributed by atoms with van der Waals surface area (Å²) in [5.41, 5.74) is 1.23. The molecule has 1 amide bonds. The minimum absolute atomic E-state index is 0.0955. The number of carbonyl (C=O) groups is 1. The summed E-state index contributed by atoms with van der Waals surface area (Å²) in [5, 5.41) is 4.95. The van der Waals surface area contributed by atoms with Gasteiger partial charge in [-0.1, -0.05) is 18.2 Å². The van der Waals surface area contributed by atoms with Gasteiger partial charge in [0.05, 0.1) is 13.5 Å². The van der Waals surface area contributed by atoms with E-state index in [-0.39, 0.29) is 5.91 Å². The van der Waals surface area contributed by atoms with Crippen molar-refractivity contribution in [3.8, 4) is 5.75 Å². The van der Waals surface area contributed by atoms with Gasteiger partial charge >= 0.3 is 0 Å². The highest BCUT2D eigenvalue weighted by Gasteiger charge is 2.03. The molecule has 0 aliphatic heterocycles. The number of hydrogen-bond donors (Lipinski definition) is 1. The van der Waals surface area contributed by atoms with E-state index in [2.05, 4.69) is 11.4 Å². The number of benzene rings is 1. The summed E-state index contributed by atoms with van der Waals surface area (Å²) < 4.78 is 5.19. The molecular formula is C16H19NO2S. The van der Waals surface area contributed by atoms with E-state index in [1.807, 2.05) is 35.7 Å². The molecule has 0 aliphatic rings. The van der Waals surface area contributed by atoms with Gasteiger partial charge in [0.15, 0.2) is 0 Å². The largest absolute Gasteiger partial charge is 0.497 e. The van der Waals surface area contributed by atoms with Gasteiger partial charge in [-0.3, -0.25) is 4.79 Å². The summed E-state index contributed by atoms with van der Waals surface area (Å²) in [5.74, 6) is 0.974. The quantitative estimate of drug-likeness (QED) is 0.796. The molecule has 0 aliphatic carbocycles. The maximum absolute atomic E-state index is 11.7. The van der Waals surface area contributed by atoms with Crippen molar-refractivity contribution >= 4 is 17.2 Å². The lowest BCUT2D eigenvalue weighted by Crippen LogP contribution is -2.26. The van der Waals surface area contributed by atoms with E-state index in [9.17, 15) is 4.79 Å². The summed E-state index contributed by atoms with van der Waals surface area (Å²) >= 11 is 1.62. The zero-order valence-electron chi connectivity index (χ0n) is 11.6. The normalized spacial score (nSPS) is 10.2.